The number of hydrogen-bond donors (Lipinski definition) is 2. The van der Waals surface area contributed by atoms with Crippen LogP contribution in [0.15, 0.2) is 23.0 Å². The summed E-state index contributed by atoms with van der Waals surface area (Å²) in [5.41, 5.74) is 0.193. The predicted octanol–water partition coefficient (Wildman–Crippen LogP) is 1.52. The fraction of sp³-hybridized carbons (Fsp3) is 0.333. The van der Waals surface area contributed by atoms with Crippen LogP contribution in [0.3, 0.4) is 0 Å². The van der Waals surface area contributed by atoms with E-state index in [4.69, 9.17) is 11.6 Å². The van der Waals surface area contributed by atoms with Crippen LogP contribution in [0.1, 0.15) is 23.2 Å². The second-order valence-electron chi connectivity index (χ2n) is 3.91. The zero-order valence-electron chi connectivity index (χ0n) is 10.9. The van der Waals surface area contributed by atoms with Gasteiger partial charge in [-0.05, 0) is 19.1 Å². The van der Waals surface area contributed by atoms with Crippen molar-refractivity contribution in [2.24, 2.45) is 0 Å². The molecule has 1 amide bonds. The molecule has 2 aromatic heterocycles. The third kappa shape index (κ3) is 3.67. The van der Waals surface area contributed by atoms with Crippen molar-refractivity contribution >= 4 is 23.3 Å². The smallest absolute Gasteiger partial charge is 0.271 e. The molecule has 2 N–H and O–H groups in total. The summed E-state index contributed by atoms with van der Waals surface area (Å²) in [6, 6.07) is 3.36. The van der Waals surface area contributed by atoms with Gasteiger partial charge in [0.05, 0.1) is 5.02 Å². The Morgan fingerprint density at radius 1 is 1.45 bits per heavy atom. The summed E-state index contributed by atoms with van der Waals surface area (Å²) in [4.78, 5) is 20.0. The topological polar surface area (TPSA) is 92.9 Å². The van der Waals surface area contributed by atoms with Crippen molar-refractivity contribution in [1.82, 2.24) is 20.4 Å². The van der Waals surface area contributed by atoms with E-state index in [1.807, 2.05) is 6.92 Å². The normalized spacial score (nSPS) is 10.3. The number of pyridine rings is 1. The summed E-state index contributed by atoms with van der Waals surface area (Å²) in [7, 11) is 0. The minimum absolute atomic E-state index is 0.193. The van der Waals surface area contributed by atoms with Crippen LogP contribution in [0.4, 0.5) is 5.82 Å². The number of amides is 1. The first-order valence-corrected chi connectivity index (χ1v) is 6.52. The minimum atomic E-state index is -0.335. The number of nitrogens with zero attached hydrogens (tertiary/aromatic N) is 3. The Bertz CT molecular complexity index is 573. The van der Waals surface area contributed by atoms with Crippen molar-refractivity contribution in [3.63, 3.8) is 0 Å². The molecule has 0 unspecified atom stereocenters. The fourth-order valence-corrected chi connectivity index (χ4v) is 1.75. The fourth-order valence-electron chi connectivity index (χ4n) is 1.56. The van der Waals surface area contributed by atoms with Gasteiger partial charge in [-0.15, -0.1) is 0 Å². The molecule has 0 aliphatic carbocycles. The van der Waals surface area contributed by atoms with Crippen molar-refractivity contribution in [3.05, 3.63) is 35.1 Å². The van der Waals surface area contributed by atoms with Crippen molar-refractivity contribution in [2.75, 3.05) is 18.4 Å². The van der Waals surface area contributed by atoms with E-state index >= 15 is 0 Å². The summed E-state index contributed by atoms with van der Waals surface area (Å²) in [6.45, 7) is 3.04. The van der Waals surface area contributed by atoms with Crippen molar-refractivity contribution in [1.29, 1.82) is 0 Å². The Morgan fingerprint density at radius 3 is 3.00 bits per heavy atom. The molecule has 20 heavy (non-hydrogen) atoms. The number of nitrogens with one attached hydrogen (secondary N) is 2. The maximum atomic E-state index is 12.0. The summed E-state index contributed by atoms with van der Waals surface area (Å²) >= 11 is 5.98. The molecule has 0 atom stereocenters. The Hall–Kier alpha value is -2.15. The molecule has 0 radical (unpaired) electrons. The highest BCUT2D eigenvalue weighted by atomic mass is 35.5. The molecule has 0 aliphatic rings. The van der Waals surface area contributed by atoms with Crippen LogP contribution in [0.2, 0.25) is 5.02 Å². The third-order valence-electron chi connectivity index (χ3n) is 2.46. The summed E-state index contributed by atoms with van der Waals surface area (Å²) in [5, 5.41) is 9.70. The van der Waals surface area contributed by atoms with Gasteiger partial charge in [-0.25, -0.2) is 4.98 Å². The standard InChI is InChI=1S/C12H14ClN5O2/c1-2-14-9-4-3-8(13)11(17-9)12(19)15-6-5-10-16-7-20-18-10/h3-4,7H,2,5-6H2,1H3,(H,14,17)(H,15,19). The van der Waals surface area contributed by atoms with Gasteiger partial charge in [0.15, 0.2) is 5.82 Å². The number of hydrogen-bond acceptors (Lipinski definition) is 6. The van der Waals surface area contributed by atoms with E-state index in [1.54, 1.807) is 12.1 Å². The lowest BCUT2D eigenvalue weighted by Crippen LogP contribution is -2.27. The van der Waals surface area contributed by atoms with E-state index in [0.29, 0.717) is 36.2 Å². The highest BCUT2D eigenvalue weighted by Gasteiger charge is 2.13. The highest BCUT2D eigenvalue weighted by Crippen LogP contribution is 2.16. The van der Waals surface area contributed by atoms with Crippen LogP contribution in [-0.4, -0.2) is 34.1 Å². The quantitative estimate of drug-likeness (QED) is 0.839. The molecule has 106 valence electrons. The SMILES string of the molecule is CCNc1ccc(Cl)c(C(=O)NCCc2ncon2)n1. The van der Waals surface area contributed by atoms with E-state index in [1.165, 1.54) is 6.39 Å². The largest absolute Gasteiger partial charge is 0.370 e. The van der Waals surface area contributed by atoms with Crippen LogP contribution >= 0.6 is 11.6 Å². The lowest BCUT2D eigenvalue weighted by molar-refractivity contribution is 0.0949. The Balaban J connectivity index is 1.95. The number of rotatable bonds is 6. The summed E-state index contributed by atoms with van der Waals surface area (Å²) in [6.07, 6.45) is 1.72. The molecule has 0 bridgehead atoms. The van der Waals surface area contributed by atoms with Crippen LogP contribution in [0.25, 0.3) is 0 Å². The minimum Gasteiger partial charge on any atom is -0.370 e. The molecule has 2 rings (SSSR count). The number of aromatic nitrogens is 3. The molecule has 7 nitrogen and oxygen atoms in total. The Labute approximate surface area is 120 Å². The molecule has 0 spiro atoms. The van der Waals surface area contributed by atoms with Gasteiger partial charge in [0.1, 0.15) is 11.5 Å². The van der Waals surface area contributed by atoms with Gasteiger partial charge in [0, 0.05) is 19.5 Å². The third-order valence-corrected chi connectivity index (χ3v) is 2.77. The van der Waals surface area contributed by atoms with Crippen LogP contribution in [0, 0.1) is 0 Å². The monoisotopic (exact) mass is 295 g/mol. The first kappa shape index (κ1) is 14.3. The van der Waals surface area contributed by atoms with E-state index in [0.717, 1.165) is 0 Å². The number of carbonyl (C=O) groups is 1. The van der Waals surface area contributed by atoms with E-state index in [2.05, 4.69) is 30.3 Å². The Morgan fingerprint density at radius 2 is 2.30 bits per heavy atom. The Kier molecular flexibility index (Phi) is 4.89. The van der Waals surface area contributed by atoms with Crippen LogP contribution in [-0.2, 0) is 6.42 Å². The second-order valence-corrected chi connectivity index (χ2v) is 4.32. The zero-order valence-corrected chi connectivity index (χ0v) is 11.6. The number of carbonyl (C=O) groups excluding carboxylic acids is 1. The van der Waals surface area contributed by atoms with E-state index in [-0.39, 0.29) is 11.6 Å². The average molecular weight is 296 g/mol. The molecule has 0 aromatic carbocycles. The summed E-state index contributed by atoms with van der Waals surface area (Å²) < 4.78 is 4.60. The first-order valence-electron chi connectivity index (χ1n) is 6.14. The van der Waals surface area contributed by atoms with Gasteiger partial charge in [0.2, 0.25) is 6.39 Å². The summed E-state index contributed by atoms with van der Waals surface area (Å²) in [5.74, 6) is 0.809. The molecule has 2 heterocycles. The molecule has 0 saturated carbocycles. The van der Waals surface area contributed by atoms with Crippen LogP contribution in [0.5, 0.6) is 0 Å². The van der Waals surface area contributed by atoms with Crippen molar-refractivity contribution in [3.8, 4) is 0 Å². The first-order chi connectivity index (χ1) is 9.70. The number of anilines is 1. The molecular weight excluding hydrogens is 282 g/mol. The molecule has 0 saturated heterocycles. The molecule has 0 fully saturated rings. The van der Waals surface area contributed by atoms with Gasteiger partial charge in [-0.3, -0.25) is 4.79 Å². The maximum Gasteiger partial charge on any atom is 0.271 e. The zero-order chi connectivity index (χ0) is 14.4. The lowest BCUT2D eigenvalue weighted by Gasteiger charge is -2.08. The van der Waals surface area contributed by atoms with Crippen molar-refractivity contribution in [2.45, 2.75) is 13.3 Å². The number of halogens is 1. The highest BCUT2D eigenvalue weighted by molar-refractivity contribution is 6.33. The second kappa shape index (κ2) is 6.85. The molecule has 2 aromatic rings. The van der Waals surface area contributed by atoms with Gasteiger partial charge >= 0.3 is 0 Å². The van der Waals surface area contributed by atoms with E-state index in [9.17, 15) is 4.79 Å². The predicted molar refractivity (Wildman–Crippen MR) is 73.7 cm³/mol. The molecule has 0 aliphatic heterocycles. The molecule has 8 heteroatoms. The lowest BCUT2D eigenvalue weighted by atomic mass is 10.3. The van der Waals surface area contributed by atoms with Gasteiger partial charge in [0.25, 0.3) is 5.91 Å². The van der Waals surface area contributed by atoms with Gasteiger partial charge in [-0.2, -0.15) is 4.98 Å². The molecular formula is C12H14ClN5O2. The van der Waals surface area contributed by atoms with Crippen molar-refractivity contribution < 1.29 is 9.32 Å². The maximum absolute atomic E-state index is 12.0. The van der Waals surface area contributed by atoms with E-state index < -0.39 is 0 Å². The van der Waals surface area contributed by atoms with Gasteiger partial charge in [-0.1, -0.05) is 16.8 Å². The average Bonchev–Trinajstić information content (AvgIpc) is 2.94. The van der Waals surface area contributed by atoms with Gasteiger partial charge < -0.3 is 15.2 Å². The van der Waals surface area contributed by atoms with Crippen LogP contribution < -0.4 is 10.6 Å².